The number of halogens is 3. The zero-order valence-electron chi connectivity index (χ0n) is 20.7. The molecule has 5 nitrogen and oxygen atoms in total. The monoisotopic (exact) mass is 516 g/mol. The predicted octanol–water partition coefficient (Wildman–Crippen LogP) is 6.73. The highest BCUT2D eigenvalue weighted by Crippen LogP contribution is 2.34. The molecule has 0 aliphatic carbocycles. The number of benzene rings is 2. The van der Waals surface area contributed by atoms with Crippen LogP contribution in [0.3, 0.4) is 0 Å². The Labute approximate surface area is 212 Å². The summed E-state index contributed by atoms with van der Waals surface area (Å²) >= 11 is 1.50. The van der Waals surface area contributed by atoms with Gasteiger partial charge in [0.25, 0.3) is 0 Å². The quantitative estimate of drug-likeness (QED) is 0.177. The Kier molecular flexibility index (Phi) is 8.12. The number of fused-ring (bicyclic) bond motifs is 3. The molecular weight excluding hydrogens is 485 g/mol. The van der Waals surface area contributed by atoms with Crippen molar-refractivity contribution >= 4 is 32.3 Å². The number of Topliss-reactive ketones (excluding diaryl/α,β-unsaturated/α-hetero) is 1. The van der Waals surface area contributed by atoms with Gasteiger partial charge in [0.05, 0.1) is 15.9 Å². The van der Waals surface area contributed by atoms with E-state index in [-0.39, 0.29) is 11.3 Å². The molecule has 0 aliphatic heterocycles. The van der Waals surface area contributed by atoms with Crippen molar-refractivity contribution < 1.29 is 18.0 Å². The lowest BCUT2D eigenvalue weighted by Crippen LogP contribution is -2.31. The number of hydrogen-bond acceptors (Lipinski definition) is 5. The van der Waals surface area contributed by atoms with Crippen molar-refractivity contribution in [2.24, 2.45) is 0 Å². The van der Waals surface area contributed by atoms with E-state index in [9.17, 15) is 18.0 Å². The Balaban J connectivity index is 1.48. The molecule has 2 aromatic carbocycles. The summed E-state index contributed by atoms with van der Waals surface area (Å²) in [6.45, 7) is 7.38. The summed E-state index contributed by atoms with van der Waals surface area (Å²) in [6.07, 6.45) is -0.0491. The van der Waals surface area contributed by atoms with E-state index in [1.54, 1.807) is 12.1 Å². The lowest BCUT2D eigenvalue weighted by Gasteiger charge is -2.20. The van der Waals surface area contributed by atoms with Crippen LogP contribution in [0.1, 0.15) is 55.1 Å². The first-order valence-electron chi connectivity index (χ1n) is 12.3. The first-order chi connectivity index (χ1) is 17.2. The topological polar surface area (TPSA) is 49.6 Å². The van der Waals surface area contributed by atoms with Crippen LogP contribution in [0.4, 0.5) is 13.2 Å². The van der Waals surface area contributed by atoms with E-state index in [1.165, 1.54) is 30.5 Å². The summed E-state index contributed by atoms with van der Waals surface area (Å²) in [4.78, 5) is 20.5. The number of carbonyl (C=O) groups is 1. The van der Waals surface area contributed by atoms with Gasteiger partial charge in [0.2, 0.25) is 0 Å². The second-order valence-corrected chi connectivity index (χ2v) is 9.86. The van der Waals surface area contributed by atoms with Crippen LogP contribution in [-0.4, -0.2) is 52.9 Å². The summed E-state index contributed by atoms with van der Waals surface area (Å²) in [5.74, 6) is 0.155. The van der Waals surface area contributed by atoms with E-state index in [1.807, 2.05) is 28.8 Å². The summed E-state index contributed by atoms with van der Waals surface area (Å²) in [7, 11) is 1.30. The normalized spacial score (nSPS) is 13.2. The minimum absolute atomic E-state index is 0.155. The van der Waals surface area contributed by atoms with E-state index < -0.39 is 12.2 Å². The summed E-state index contributed by atoms with van der Waals surface area (Å²) < 4.78 is 42.5. The Morgan fingerprint density at radius 3 is 2.47 bits per heavy atom. The summed E-state index contributed by atoms with van der Waals surface area (Å²) in [5.41, 5.74) is 3.27. The third-order valence-electron chi connectivity index (χ3n) is 6.59. The lowest BCUT2D eigenvalue weighted by molar-refractivity contribution is -0.156. The van der Waals surface area contributed by atoms with Gasteiger partial charge in [-0.05, 0) is 63.3 Å². The van der Waals surface area contributed by atoms with Crippen molar-refractivity contribution in [1.82, 2.24) is 19.6 Å². The highest BCUT2D eigenvalue weighted by Gasteiger charge is 2.39. The van der Waals surface area contributed by atoms with Gasteiger partial charge in [-0.3, -0.25) is 9.20 Å². The number of aromatic nitrogens is 2. The number of nitrogens with one attached hydrogen (secondary N) is 1. The van der Waals surface area contributed by atoms with Crippen LogP contribution in [0, 0.1) is 0 Å². The van der Waals surface area contributed by atoms with Gasteiger partial charge in [-0.15, -0.1) is 0 Å². The third kappa shape index (κ3) is 5.63. The molecular formula is C27H31F3N4OS. The lowest BCUT2D eigenvalue weighted by atomic mass is 10.0. The highest BCUT2D eigenvalue weighted by molar-refractivity contribution is 7.23. The largest absolute Gasteiger partial charge is 0.407 e. The highest BCUT2D eigenvalue weighted by atomic mass is 32.1. The van der Waals surface area contributed by atoms with Gasteiger partial charge >= 0.3 is 6.18 Å². The van der Waals surface area contributed by atoms with Crippen molar-refractivity contribution in [1.29, 1.82) is 0 Å². The third-order valence-corrected chi connectivity index (χ3v) is 7.61. The standard InChI is InChI=1S/C27H31F3N4OS/c1-4-33(5-2)15-7-6-8-23(35)20-13-14-22-24(16-20)36-26-32-21(17-34(22)26)18-9-11-19(12-10-18)25(31-3)27(28,29)30/h9-14,16-17,25,31H,4-8,15H2,1-3H3. The molecule has 0 amide bonds. The van der Waals surface area contributed by atoms with Crippen LogP contribution >= 0.6 is 11.3 Å². The molecule has 4 rings (SSSR count). The first kappa shape index (κ1) is 26.3. The number of thiazole rings is 1. The van der Waals surface area contributed by atoms with Crippen molar-refractivity contribution in [2.75, 3.05) is 26.7 Å². The maximum atomic E-state index is 13.2. The molecule has 4 aromatic rings. The Bertz CT molecular complexity index is 1320. The van der Waals surface area contributed by atoms with Crippen molar-refractivity contribution in [3.63, 3.8) is 0 Å². The minimum Gasteiger partial charge on any atom is -0.306 e. The summed E-state index contributed by atoms with van der Waals surface area (Å²) in [6, 6.07) is 10.3. The second kappa shape index (κ2) is 11.1. The van der Waals surface area contributed by atoms with E-state index in [0.29, 0.717) is 12.1 Å². The molecule has 1 atom stereocenters. The molecule has 2 aromatic heterocycles. The van der Waals surface area contributed by atoms with E-state index in [2.05, 4.69) is 29.0 Å². The maximum absolute atomic E-state index is 13.2. The van der Waals surface area contributed by atoms with Gasteiger partial charge in [-0.2, -0.15) is 13.2 Å². The predicted molar refractivity (Wildman–Crippen MR) is 140 cm³/mol. The minimum atomic E-state index is -4.36. The smallest absolute Gasteiger partial charge is 0.306 e. The van der Waals surface area contributed by atoms with Crippen LogP contribution in [-0.2, 0) is 0 Å². The molecule has 0 radical (unpaired) electrons. The zero-order valence-corrected chi connectivity index (χ0v) is 21.5. The van der Waals surface area contributed by atoms with Gasteiger partial charge in [0.15, 0.2) is 10.7 Å². The van der Waals surface area contributed by atoms with Gasteiger partial charge in [0, 0.05) is 23.7 Å². The molecule has 1 unspecified atom stereocenters. The summed E-state index contributed by atoms with van der Waals surface area (Å²) in [5, 5.41) is 2.32. The van der Waals surface area contributed by atoms with Crippen LogP contribution in [0.25, 0.3) is 26.4 Å². The SMILES string of the molecule is CCN(CC)CCCCC(=O)c1ccc2c(c1)sc1nc(-c3ccc(C(NC)C(F)(F)F)cc3)cn12. The number of rotatable bonds is 11. The van der Waals surface area contributed by atoms with Crippen molar-refractivity contribution in [2.45, 2.75) is 45.3 Å². The molecule has 0 fully saturated rings. The fraction of sp³-hybridized carbons (Fsp3) is 0.407. The zero-order chi connectivity index (χ0) is 25.9. The molecule has 0 saturated heterocycles. The molecule has 9 heteroatoms. The molecule has 36 heavy (non-hydrogen) atoms. The van der Waals surface area contributed by atoms with Crippen molar-refractivity contribution in [3.05, 3.63) is 59.8 Å². The average molecular weight is 517 g/mol. The number of carbonyl (C=O) groups excluding carboxylic acids is 1. The van der Waals surface area contributed by atoms with Gasteiger partial charge in [0.1, 0.15) is 6.04 Å². The van der Waals surface area contributed by atoms with E-state index in [0.717, 1.165) is 58.8 Å². The van der Waals surface area contributed by atoms with E-state index in [4.69, 9.17) is 0 Å². The van der Waals surface area contributed by atoms with Gasteiger partial charge in [-0.1, -0.05) is 49.4 Å². The van der Waals surface area contributed by atoms with Crippen molar-refractivity contribution in [3.8, 4) is 11.3 Å². The maximum Gasteiger partial charge on any atom is 0.407 e. The second-order valence-electron chi connectivity index (χ2n) is 8.86. The molecule has 192 valence electrons. The van der Waals surface area contributed by atoms with E-state index >= 15 is 0 Å². The number of hydrogen-bond donors (Lipinski definition) is 1. The molecule has 0 spiro atoms. The number of ketones is 1. The number of alkyl halides is 3. The van der Waals surface area contributed by atoms with Crippen LogP contribution in [0.15, 0.2) is 48.7 Å². The fourth-order valence-corrected chi connectivity index (χ4v) is 5.53. The Hall–Kier alpha value is -2.75. The first-order valence-corrected chi connectivity index (χ1v) is 13.1. The van der Waals surface area contributed by atoms with Crippen LogP contribution in [0.5, 0.6) is 0 Å². The molecule has 0 saturated carbocycles. The number of imidazole rings is 1. The van der Waals surface area contributed by atoms with Crippen LogP contribution < -0.4 is 5.32 Å². The molecule has 0 bridgehead atoms. The Morgan fingerprint density at radius 2 is 1.83 bits per heavy atom. The molecule has 2 heterocycles. The average Bonchev–Trinajstić information content (AvgIpc) is 3.41. The van der Waals surface area contributed by atoms with Gasteiger partial charge < -0.3 is 10.2 Å². The Morgan fingerprint density at radius 1 is 1.11 bits per heavy atom. The fourth-order valence-electron chi connectivity index (χ4n) is 4.48. The molecule has 0 aliphatic rings. The van der Waals surface area contributed by atoms with Gasteiger partial charge in [-0.25, -0.2) is 4.98 Å². The van der Waals surface area contributed by atoms with Crippen LogP contribution in [0.2, 0.25) is 0 Å². The number of unbranched alkanes of at least 4 members (excludes halogenated alkanes) is 1. The molecule has 1 N–H and O–H groups in total. The number of nitrogens with zero attached hydrogens (tertiary/aromatic N) is 3.